The van der Waals surface area contributed by atoms with E-state index in [1.165, 1.54) is 11.3 Å². The number of nitrogens with two attached hydrogens (primary N) is 1. The number of benzene rings is 1. The molecule has 1 unspecified atom stereocenters. The smallest absolute Gasteiger partial charge is 0.217 e. The molecule has 4 nitrogen and oxygen atoms in total. The quantitative estimate of drug-likeness (QED) is 0.885. The molecule has 3 N–H and O–H groups in total. The van der Waals surface area contributed by atoms with Crippen LogP contribution in [0.4, 0.5) is 5.69 Å². The first-order valence-corrected chi connectivity index (χ1v) is 7.47. The number of anilines is 1. The largest absolute Gasteiger partial charge is 0.371 e. The van der Waals surface area contributed by atoms with Crippen molar-refractivity contribution in [2.75, 3.05) is 18.0 Å². The molecule has 0 aliphatic carbocycles. The van der Waals surface area contributed by atoms with Crippen LogP contribution in [0.5, 0.6) is 0 Å². The van der Waals surface area contributed by atoms with Gasteiger partial charge in [0.25, 0.3) is 0 Å². The second kappa shape index (κ2) is 6.75. The monoisotopic (exact) mass is 275 g/mol. The number of rotatable bonds is 4. The van der Waals surface area contributed by atoms with Crippen molar-refractivity contribution in [2.24, 2.45) is 5.73 Å². The van der Waals surface area contributed by atoms with Crippen LogP contribution in [0.2, 0.25) is 0 Å². The van der Waals surface area contributed by atoms with Crippen LogP contribution in [0.3, 0.4) is 0 Å². The van der Waals surface area contributed by atoms with E-state index in [0.29, 0.717) is 6.04 Å². The van der Waals surface area contributed by atoms with Crippen molar-refractivity contribution in [1.82, 2.24) is 5.32 Å². The van der Waals surface area contributed by atoms with Gasteiger partial charge in [-0.1, -0.05) is 19.1 Å². The molecule has 1 aromatic rings. The average Bonchev–Trinajstić information content (AvgIpc) is 2.47. The fraction of sp³-hybridized carbons (Fsp3) is 0.562. The molecular weight excluding hydrogens is 250 g/mol. The van der Waals surface area contributed by atoms with Crippen LogP contribution in [0.1, 0.15) is 44.7 Å². The third-order valence-electron chi connectivity index (χ3n) is 4.03. The maximum absolute atomic E-state index is 11.1. The van der Waals surface area contributed by atoms with Crippen LogP contribution in [-0.4, -0.2) is 25.0 Å². The highest BCUT2D eigenvalue weighted by molar-refractivity contribution is 5.73. The number of piperidine rings is 1. The zero-order valence-electron chi connectivity index (χ0n) is 12.4. The van der Waals surface area contributed by atoms with E-state index in [-0.39, 0.29) is 11.9 Å². The molecular formula is C16H25N3O. The number of nitrogens with zero attached hydrogens (tertiary/aromatic N) is 1. The predicted molar refractivity (Wildman–Crippen MR) is 82.7 cm³/mol. The van der Waals surface area contributed by atoms with Gasteiger partial charge in [-0.15, -0.1) is 0 Å². The molecule has 0 bridgehead atoms. The van der Waals surface area contributed by atoms with E-state index in [1.807, 2.05) is 0 Å². The lowest BCUT2D eigenvalue weighted by Crippen LogP contribution is -2.44. The number of hydrogen-bond acceptors (Lipinski definition) is 3. The Kier molecular flexibility index (Phi) is 5.01. The lowest BCUT2D eigenvalue weighted by molar-refractivity contribution is -0.119. The van der Waals surface area contributed by atoms with Gasteiger partial charge in [-0.3, -0.25) is 4.79 Å². The van der Waals surface area contributed by atoms with Gasteiger partial charge in [0.2, 0.25) is 5.91 Å². The van der Waals surface area contributed by atoms with Gasteiger partial charge in [0.15, 0.2) is 0 Å². The summed E-state index contributed by atoms with van der Waals surface area (Å²) in [6.45, 7) is 5.67. The fourth-order valence-electron chi connectivity index (χ4n) is 2.74. The van der Waals surface area contributed by atoms with Crippen molar-refractivity contribution in [1.29, 1.82) is 0 Å². The summed E-state index contributed by atoms with van der Waals surface area (Å²) in [4.78, 5) is 13.4. The highest BCUT2D eigenvalue weighted by Crippen LogP contribution is 2.22. The molecule has 2 rings (SSSR count). The van der Waals surface area contributed by atoms with Gasteiger partial charge in [0.1, 0.15) is 0 Å². The average molecular weight is 275 g/mol. The molecule has 0 radical (unpaired) electrons. The van der Waals surface area contributed by atoms with Crippen molar-refractivity contribution in [2.45, 2.75) is 45.2 Å². The predicted octanol–water partition coefficient (Wildman–Crippen LogP) is 2.20. The van der Waals surface area contributed by atoms with Gasteiger partial charge in [-0.2, -0.15) is 0 Å². The molecule has 0 saturated carbocycles. The summed E-state index contributed by atoms with van der Waals surface area (Å²) >= 11 is 0. The minimum atomic E-state index is 0.0707. The molecule has 1 aromatic carbocycles. The Morgan fingerprint density at radius 3 is 2.45 bits per heavy atom. The van der Waals surface area contributed by atoms with E-state index < -0.39 is 0 Å². The Balaban J connectivity index is 1.92. The van der Waals surface area contributed by atoms with Crippen molar-refractivity contribution < 1.29 is 4.79 Å². The van der Waals surface area contributed by atoms with Gasteiger partial charge >= 0.3 is 0 Å². The summed E-state index contributed by atoms with van der Waals surface area (Å²) in [5, 5.41) is 3.00. The molecule has 20 heavy (non-hydrogen) atoms. The summed E-state index contributed by atoms with van der Waals surface area (Å²) in [5.41, 5.74) is 8.48. The number of carbonyl (C=O) groups excluding carboxylic acids is 1. The molecule has 1 saturated heterocycles. The van der Waals surface area contributed by atoms with Crippen molar-refractivity contribution in [3.63, 3.8) is 0 Å². The minimum absolute atomic E-state index is 0.0707. The van der Waals surface area contributed by atoms with Crippen LogP contribution in [0.25, 0.3) is 0 Å². The zero-order valence-corrected chi connectivity index (χ0v) is 12.4. The van der Waals surface area contributed by atoms with Crippen LogP contribution in [0.15, 0.2) is 24.3 Å². The number of hydrogen-bond donors (Lipinski definition) is 2. The van der Waals surface area contributed by atoms with Gasteiger partial charge in [-0.25, -0.2) is 0 Å². The Bertz CT molecular complexity index is 436. The molecule has 1 amide bonds. The minimum Gasteiger partial charge on any atom is -0.371 e. The fourth-order valence-corrected chi connectivity index (χ4v) is 2.74. The number of amides is 1. The lowest BCUT2D eigenvalue weighted by atomic mass is 10.0. The van der Waals surface area contributed by atoms with Gasteiger partial charge in [0.05, 0.1) is 0 Å². The van der Waals surface area contributed by atoms with E-state index in [4.69, 9.17) is 5.73 Å². The molecule has 1 atom stereocenters. The highest BCUT2D eigenvalue weighted by atomic mass is 16.1. The first-order valence-electron chi connectivity index (χ1n) is 7.47. The van der Waals surface area contributed by atoms with Crippen LogP contribution in [0, 0.1) is 0 Å². The Labute approximate surface area is 121 Å². The van der Waals surface area contributed by atoms with E-state index in [2.05, 4.69) is 41.4 Å². The molecule has 110 valence electrons. The van der Waals surface area contributed by atoms with Crippen molar-refractivity contribution >= 4 is 11.6 Å². The number of carbonyl (C=O) groups is 1. The second-order valence-electron chi connectivity index (χ2n) is 5.57. The molecule has 1 fully saturated rings. The molecule has 0 spiro atoms. The molecule has 0 aromatic heterocycles. The van der Waals surface area contributed by atoms with E-state index in [1.54, 1.807) is 6.92 Å². The Morgan fingerprint density at radius 2 is 1.95 bits per heavy atom. The van der Waals surface area contributed by atoms with E-state index in [0.717, 1.165) is 32.4 Å². The molecule has 1 aliphatic heterocycles. The summed E-state index contributed by atoms with van der Waals surface area (Å²) in [7, 11) is 0. The first-order chi connectivity index (χ1) is 9.60. The van der Waals surface area contributed by atoms with Gasteiger partial charge < -0.3 is 16.0 Å². The third kappa shape index (κ3) is 3.73. The summed E-state index contributed by atoms with van der Waals surface area (Å²) in [6, 6.07) is 9.03. The second-order valence-corrected chi connectivity index (χ2v) is 5.57. The third-order valence-corrected chi connectivity index (χ3v) is 4.03. The number of nitrogens with one attached hydrogen (secondary N) is 1. The summed E-state index contributed by atoms with van der Waals surface area (Å²) in [6.07, 6.45) is 2.98. The van der Waals surface area contributed by atoms with Crippen LogP contribution >= 0.6 is 0 Å². The SMILES string of the molecule is CCC(N)c1ccc(N2CCC(NC(C)=O)CC2)cc1. The van der Waals surface area contributed by atoms with Gasteiger partial charge in [-0.05, 0) is 37.0 Å². The lowest BCUT2D eigenvalue weighted by Gasteiger charge is -2.34. The van der Waals surface area contributed by atoms with Crippen LogP contribution < -0.4 is 16.0 Å². The first kappa shape index (κ1) is 14.9. The van der Waals surface area contributed by atoms with Crippen molar-refractivity contribution in [3.8, 4) is 0 Å². The van der Waals surface area contributed by atoms with Gasteiger partial charge in [0, 0.05) is 37.8 Å². The zero-order chi connectivity index (χ0) is 14.5. The molecule has 1 heterocycles. The summed E-state index contributed by atoms with van der Waals surface area (Å²) in [5.74, 6) is 0.0707. The molecule has 1 aliphatic rings. The topological polar surface area (TPSA) is 58.4 Å². The Hall–Kier alpha value is -1.55. The van der Waals surface area contributed by atoms with Crippen LogP contribution in [-0.2, 0) is 4.79 Å². The standard InChI is InChI=1S/C16H25N3O/c1-3-16(17)13-4-6-15(7-5-13)19-10-8-14(9-11-19)18-12(2)20/h4-7,14,16H,3,8-11,17H2,1-2H3,(H,18,20). The van der Waals surface area contributed by atoms with Crippen molar-refractivity contribution in [3.05, 3.63) is 29.8 Å². The maximum Gasteiger partial charge on any atom is 0.217 e. The van der Waals surface area contributed by atoms with E-state index >= 15 is 0 Å². The highest BCUT2D eigenvalue weighted by Gasteiger charge is 2.19. The summed E-state index contributed by atoms with van der Waals surface area (Å²) < 4.78 is 0. The maximum atomic E-state index is 11.1. The van der Waals surface area contributed by atoms with E-state index in [9.17, 15) is 4.79 Å². The Morgan fingerprint density at radius 1 is 1.35 bits per heavy atom. The molecule has 4 heteroatoms. The normalized spacial score (nSPS) is 17.9.